The van der Waals surface area contributed by atoms with Crippen LogP contribution in [0.3, 0.4) is 0 Å². The highest BCUT2D eigenvalue weighted by atomic mass is 16.5. The highest BCUT2D eigenvalue weighted by Crippen LogP contribution is 2.45. The van der Waals surface area contributed by atoms with Crippen LogP contribution in [0.4, 0.5) is 5.69 Å². The molecule has 2 N–H and O–H groups in total. The van der Waals surface area contributed by atoms with E-state index in [4.69, 9.17) is 19.7 Å². The Morgan fingerprint density at radius 3 is 2.62 bits per heavy atom. The maximum absolute atomic E-state index is 13.0. The lowest BCUT2D eigenvalue weighted by molar-refractivity contribution is -0.120. The number of nitriles is 1. The lowest BCUT2D eigenvalue weighted by Crippen LogP contribution is -2.38. The summed E-state index contributed by atoms with van der Waals surface area (Å²) in [6.07, 6.45) is 11.4. The number of anilines is 1. The SMILES string of the molecule is CCC1(CC)CC=C(c2nc(C3(OCCCN(C)C)CCOCC3)ccc2NC(=O)c2ncc(C#N)[nH]2)CC1. The number of amides is 1. The minimum Gasteiger partial charge on any atom is -0.381 e. The lowest BCUT2D eigenvalue weighted by atomic mass is 9.71. The number of imidazole rings is 1. The van der Waals surface area contributed by atoms with Crippen molar-refractivity contribution in [1.82, 2.24) is 19.9 Å². The molecule has 2 aromatic heterocycles. The van der Waals surface area contributed by atoms with Crippen molar-refractivity contribution in [2.75, 3.05) is 45.8 Å². The fourth-order valence-corrected chi connectivity index (χ4v) is 5.61. The minimum atomic E-state index is -0.517. The van der Waals surface area contributed by atoms with Gasteiger partial charge in [0.15, 0.2) is 5.82 Å². The number of H-pyrrole nitrogens is 1. The van der Waals surface area contributed by atoms with E-state index in [1.807, 2.05) is 18.2 Å². The Balaban J connectivity index is 1.68. The number of carbonyl (C=O) groups excluding carboxylic acids is 1. The zero-order valence-electron chi connectivity index (χ0n) is 23.8. The molecule has 1 aliphatic carbocycles. The van der Waals surface area contributed by atoms with Crippen molar-refractivity contribution in [3.05, 3.63) is 47.3 Å². The van der Waals surface area contributed by atoms with Crippen LogP contribution in [-0.2, 0) is 15.1 Å². The van der Waals surface area contributed by atoms with Gasteiger partial charge in [0.25, 0.3) is 5.91 Å². The summed E-state index contributed by atoms with van der Waals surface area (Å²) >= 11 is 0. The number of aromatic amines is 1. The van der Waals surface area contributed by atoms with E-state index in [0.29, 0.717) is 30.9 Å². The number of nitrogens with one attached hydrogen (secondary N) is 2. The van der Waals surface area contributed by atoms with Crippen LogP contribution in [0.2, 0.25) is 0 Å². The second-order valence-electron chi connectivity index (χ2n) is 11.1. The summed E-state index contributed by atoms with van der Waals surface area (Å²) in [5.41, 5.74) is 3.51. The number of hydrogen-bond donors (Lipinski definition) is 2. The molecule has 9 nitrogen and oxygen atoms in total. The van der Waals surface area contributed by atoms with Crippen LogP contribution in [0.15, 0.2) is 24.4 Å². The van der Waals surface area contributed by atoms with E-state index < -0.39 is 11.5 Å². The van der Waals surface area contributed by atoms with Gasteiger partial charge in [-0.15, -0.1) is 0 Å². The first kappa shape index (κ1) is 28.9. The third-order valence-electron chi connectivity index (χ3n) is 8.46. The molecule has 2 aliphatic rings. The molecule has 0 atom stereocenters. The van der Waals surface area contributed by atoms with Gasteiger partial charge in [-0.25, -0.2) is 9.97 Å². The van der Waals surface area contributed by atoms with Gasteiger partial charge < -0.3 is 24.7 Å². The van der Waals surface area contributed by atoms with Crippen LogP contribution in [0.25, 0.3) is 5.57 Å². The third-order valence-corrected chi connectivity index (χ3v) is 8.46. The number of hydrogen-bond acceptors (Lipinski definition) is 7. The predicted molar refractivity (Wildman–Crippen MR) is 151 cm³/mol. The minimum absolute atomic E-state index is 0.0975. The maximum atomic E-state index is 13.0. The van der Waals surface area contributed by atoms with Crippen LogP contribution in [0, 0.1) is 16.7 Å². The van der Waals surface area contributed by atoms with E-state index >= 15 is 0 Å². The molecule has 0 aromatic carbocycles. The average molecular weight is 535 g/mol. The molecule has 0 spiro atoms. The number of nitrogens with zero attached hydrogens (tertiary/aromatic N) is 4. The number of carbonyl (C=O) groups is 1. The van der Waals surface area contributed by atoms with E-state index in [1.165, 1.54) is 6.20 Å². The standard InChI is InChI=1S/C30H42N6O3/c1-5-29(6-2)12-10-22(11-13-29)26-24(34-28(37)27-32-21-23(20-31)33-27)8-9-25(35-26)30(14-18-38-19-15-30)39-17-7-16-36(3)4/h8-10,21H,5-7,11-19H2,1-4H3,(H,32,33)(H,34,37). The van der Waals surface area contributed by atoms with Crippen LogP contribution in [0.5, 0.6) is 0 Å². The van der Waals surface area contributed by atoms with Crippen molar-refractivity contribution in [3.63, 3.8) is 0 Å². The normalized spacial score (nSPS) is 18.4. The Morgan fingerprint density at radius 2 is 2.00 bits per heavy atom. The fourth-order valence-electron chi connectivity index (χ4n) is 5.61. The Kier molecular flexibility index (Phi) is 9.54. The zero-order valence-corrected chi connectivity index (χ0v) is 23.8. The van der Waals surface area contributed by atoms with E-state index in [1.54, 1.807) is 0 Å². The van der Waals surface area contributed by atoms with E-state index in [0.717, 1.165) is 74.9 Å². The molecule has 3 heterocycles. The number of pyridine rings is 1. The molecule has 210 valence electrons. The summed E-state index contributed by atoms with van der Waals surface area (Å²) < 4.78 is 12.3. The van der Waals surface area contributed by atoms with Gasteiger partial charge in [-0.1, -0.05) is 32.8 Å². The van der Waals surface area contributed by atoms with E-state index in [9.17, 15) is 4.79 Å². The number of allylic oxidation sites excluding steroid dienone is 2. The Morgan fingerprint density at radius 1 is 1.23 bits per heavy atom. The van der Waals surface area contributed by atoms with Gasteiger partial charge in [0, 0.05) is 32.7 Å². The van der Waals surface area contributed by atoms with Gasteiger partial charge in [0.05, 0.1) is 23.3 Å². The fraction of sp³-hybridized carbons (Fsp3) is 0.600. The van der Waals surface area contributed by atoms with Gasteiger partial charge in [-0.05, 0) is 69.4 Å². The zero-order chi connectivity index (χ0) is 27.9. The van der Waals surface area contributed by atoms with Crippen molar-refractivity contribution in [2.24, 2.45) is 5.41 Å². The topological polar surface area (TPSA) is 116 Å². The Bertz CT molecular complexity index is 1200. The largest absolute Gasteiger partial charge is 0.381 e. The molecule has 0 bridgehead atoms. The maximum Gasteiger partial charge on any atom is 0.291 e. The molecular weight excluding hydrogens is 492 g/mol. The van der Waals surface area contributed by atoms with Gasteiger partial charge in [0.2, 0.25) is 0 Å². The molecule has 1 saturated heterocycles. The van der Waals surface area contributed by atoms with Crippen molar-refractivity contribution >= 4 is 17.2 Å². The van der Waals surface area contributed by atoms with Crippen LogP contribution in [-0.4, -0.2) is 66.2 Å². The van der Waals surface area contributed by atoms with Crippen molar-refractivity contribution in [1.29, 1.82) is 5.26 Å². The van der Waals surface area contributed by atoms with E-state index in [2.05, 4.69) is 54.2 Å². The Hall–Kier alpha value is -3.06. The summed E-state index contributed by atoms with van der Waals surface area (Å²) in [6.45, 7) is 7.40. The first-order valence-electron chi connectivity index (χ1n) is 14.2. The molecule has 9 heteroatoms. The first-order chi connectivity index (χ1) is 18.8. The molecule has 0 saturated carbocycles. The van der Waals surface area contributed by atoms with Crippen molar-refractivity contribution in [2.45, 2.75) is 70.8 Å². The summed E-state index contributed by atoms with van der Waals surface area (Å²) in [7, 11) is 4.14. The average Bonchev–Trinajstić information content (AvgIpc) is 3.46. The van der Waals surface area contributed by atoms with Gasteiger partial charge in [-0.2, -0.15) is 5.26 Å². The molecule has 39 heavy (non-hydrogen) atoms. The molecule has 0 unspecified atom stereocenters. The quantitative estimate of drug-likeness (QED) is 0.377. The van der Waals surface area contributed by atoms with Gasteiger partial charge in [-0.3, -0.25) is 4.79 Å². The summed E-state index contributed by atoms with van der Waals surface area (Å²) in [5, 5.41) is 12.1. The highest BCUT2D eigenvalue weighted by Gasteiger charge is 2.38. The lowest BCUT2D eigenvalue weighted by Gasteiger charge is -2.38. The molecule has 1 fully saturated rings. The van der Waals surface area contributed by atoms with Gasteiger partial charge in [0.1, 0.15) is 17.4 Å². The molecule has 1 aliphatic heterocycles. The molecule has 4 rings (SSSR count). The summed E-state index contributed by atoms with van der Waals surface area (Å²) in [4.78, 5) is 27.2. The summed E-state index contributed by atoms with van der Waals surface area (Å²) in [5.74, 6) is -0.304. The van der Waals surface area contributed by atoms with Gasteiger partial charge >= 0.3 is 0 Å². The first-order valence-corrected chi connectivity index (χ1v) is 14.2. The smallest absolute Gasteiger partial charge is 0.291 e. The highest BCUT2D eigenvalue weighted by molar-refractivity contribution is 6.03. The molecule has 2 aromatic rings. The van der Waals surface area contributed by atoms with Crippen molar-refractivity contribution < 1.29 is 14.3 Å². The summed E-state index contributed by atoms with van der Waals surface area (Å²) in [6, 6.07) is 5.89. The second kappa shape index (κ2) is 12.9. The van der Waals surface area contributed by atoms with Crippen LogP contribution in [0.1, 0.15) is 92.9 Å². The van der Waals surface area contributed by atoms with Crippen LogP contribution >= 0.6 is 0 Å². The Labute approximate surface area is 232 Å². The predicted octanol–water partition coefficient (Wildman–Crippen LogP) is 5.28. The third kappa shape index (κ3) is 6.75. The second-order valence-corrected chi connectivity index (χ2v) is 11.1. The molecule has 1 amide bonds. The number of ether oxygens (including phenoxy) is 2. The van der Waals surface area contributed by atoms with E-state index in [-0.39, 0.29) is 11.5 Å². The molecule has 0 radical (unpaired) electrons. The molecular formula is C30H42N6O3. The number of rotatable bonds is 11. The monoisotopic (exact) mass is 534 g/mol. The van der Waals surface area contributed by atoms with Crippen LogP contribution < -0.4 is 5.32 Å². The van der Waals surface area contributed by atoms with Crippen molar-refractivity contribution in [3.8, 4) is 6.07 Å². The number of aromatic nitrogens is 3.